The number of benzene rings is 2. The molecular weight excluding hydrogens is 392 g/mol. The van der Waals surface area contributed by atoms with Crippen LogP contribution in [0.1, 0.15) is 22.3 Å². The molecule has 0 unspecified atom stereocenters. The third-order valence-electron chi connectivity index (χ3n) is 5.55. The summed E-state index contributed by atoms with van der Waals surface area (Å²) in [6, 6.07) is 11.5. The predicted octanol–water partition coefficient (Wildman–Crippen LogP) is 3.09. The van der Waals surface area contributed by atoms with E-state index in [2.05, 4.69) is 39.5 Å². The van der Waals surface area contributed by atoms with Gasteiger partial charge in [0.1, 0.15) is 5.75 Å². The van der Waals surface area contributed by atoms with Crippen LogP contribution in [0.25, 0.3) is 0 Å². The molecule has 3 rings (SSSR count). The van der Waals surface area contributed by atoms with Crippen molar-refractivity contribution < 1.29 is 14.3 Å². The summed E-state index contributed by atoms with van der Waals surface area (Å²) in [6.07, 6.45) is 0. The molecule has 1 aliphatic heterocycles. The number of anilines is 1. The van der Waals surface area contributed by atoms with Gasteiger partial charge >= 0.3 is 6.03 Å². The van der Waals surface area contributed by atoms with Gasteiger partial charge in [0.05, 0.1) is 13.7 Å². The molecule has 166 valence electrons. The van der Waals surface area contributed by atoms with Gasteiger partial charge in [-0.1, -0.05) is 35.4 Å². The Hall–Kier alpha value is -2.90. The minimum atomic E-state index is -0.498. The van der Waals surface area contributed by atoms with Crippen LogP contribution in [-0.4, -0.2) is 61.6 Å². The number of ether oxygens (including phenoxy) is 1. The number of carbonyl (C=O) groups excluding carboxylic acids is 2. The van der Waals surface area contributed by atoms with E-state index in [0.717, 1.165) is 49.6 Å². The van der Waals surface area contributed by atoms with Gasteiger partial charge in [-0.05, 0) is 38.5 Å². The first-order valence-electron chi connectivity index (χ1n) is 10.6. The lowest BCUT2D eigenvalue weighted by Crippen LogP contribution is -2.50. The van der Waals surface area contributed by atoms with Crippen LogP contribution >= 0.6 is 0 Å². The number of rotatable bonds is 6. The molecule has 0 aliphatic carbocycles. The topological polar surface area (TPSA) is 73.9 Å². The Kier molecular flexibility index (Phi) is 7.65. The minimum Gasteiger partial charge on any atom is -0.496 e. The highest BCUT2D eigenvalue weighted by atomic mass is 16.5. The Morgan fingerprint density at radius 3 is 2.26 bits per heavy atom. The summed E-state index contributed by atoms with van der Waals surface area (Å²) in [5.74, 6) is 0.610. The Labute approximate surface area is 184 Å². The third kappa shape index (κ3) is 6.54. The molecule has 1 heterocycles. The van der Waals surface area contributed by atoms with E-state index in [1.165, 1.54) is 11.1 Å². The zero-order valence-electron chi connectivity index (χ0n) is 18.8. The lowest BCUT2D eigenvalue weighted by atomic mass is 10.1. The third-order valence-corrected chi connectivity index (χ3v) is 5.55. The van der Waals surface area contributed by atoms with Crippen LogP contribution in [0.15, 0.2) is 36.4 Å². The highest BCUT2D eigenvalue weighted by molar-refractivity contribution is 6.02. The lowest BCUT2D eigenvalue weighted by molar-refractivity contribution is -0.121. The van der Waals surface area contributed by atoms with E-state index in [-0.39, 0.29) is 12.5 Å². The van der Waals surface area contributed by atoms with Gasteiger partial charge in [-0.2, -0.15) is 0 Å². The first kappa shape index (κ1) is 22.8. The summed E-state index contributed by atoms with van der Waals surface area (Å²) in [5.41, 5.74) is 5.18. The highest BCUT2D eigenvalue weighted by Crippen LogP contribution is 2.22. The molecule has 1 fully saturated rings. The number of hydrogen-bond donors (Lipinski definition) is 2. The van der Waals surface area contributed by atoms with Gasteiger partial charge in [0.2, 0.25) is 5.91 Å². The van der Waals surface area contributed by atoms with E-state index >= 15 is 0 Å². The summed E-state index contributed by atoms with van der Waals surface area (Å²) in [5, 5.41) is 5.17. The smallest absolute Gasteiger partial charge is 0.325 e. The first-order chi connectivity index (χ1) is 14.8. The van der Waals surface area contributed by atoms with Gasteiger partial charge in [-0.3, -0.25) is 19.9 Å². The predicted molar refractivity (Wildman–Crippen MR) is 123 cm³/mol. The number of urea groups is 1. The van der Waals surface area contributed by atoms with E-state index in [4.69, 9.17) is 4.74 Å². The zero-order chi connectivity index (χ0) is 22.4. The maximum atomic E-state index is 12.3. The van der Waals surface area contributed by atoms with Crippen LogP contribution in [0.2, 0.25) is 0 Å². The average Bonchev–Trinajstić information content (AvgIpc) is 2.71. The zero-order valence-corrected chi connectivity index (χ0v) is 18.8. The second kappa shape index (κ2) is 10.4. The van der Waals surface area contributed by atoms with Gasteiger partial charge < -0.3 is 10.1 Å². The van der Waals surface area contributed by atoms with Crippen LogP contribution in [0.3, 0.4) is 0 Å². The Bertz CT molecular complexity index is 936. The van der Waals surface area contributed by atoms with Gasteiger partial charge in [0.25, 0.3) is 0 Å². The molecule has 0 bridgehead atoms. The quantitative estimate of drug-likeness (QED) is 0.746. The van der Waals surface area contributed by atoms with Crippen molar-refractivity contribution in [1.82, 2.24) is 15.1 Å². The van der Waals surface area contributed by atoms with Crippen LogP contribution in [0.5, 0.6) is 5.75 Å². The van der Waals surface area contributed by atoms with Gasteiger partial charge in [-0.15, -0.1) is 0 Å². The Morgan fingerprint density at radius 2 is 1.58 bits per heavy atom. The molecule has 0 radical (unpaired) electrons. The van der Waals surface area contributed by atoms with Crippen molar-refractivity contribution in [2.45, 2.75) is 27.3 Å². The molecule has 0 saturated carbocycles. The van der Waals surface area contributed by atoms with Crippen molar-refractivity contribution in [3.63, 3.8) is 0 Å². The number of aryl methyl sites for hydroxylation is 3. The maximum Gasteiger partial charge on any atom is 0.325 e. The Balaban J connectivity index is 1.43. The van der Waals surface area contributed by atoms with Crippen molar-refractivity contribution in [2.75, 3.05) is 45.2 Å². The minimum absolute atomic E-state index is 0.210. The summed E-state index contributed by atoms with van der Waals surface area (Å²) in [4.78, 5) is 28.9. The first-order valence-corrected chi connectivity index (χ1v) is 10.6. The van der Waals surface area contributed by atoms with Crippen molar-refractivity contribution in [3.05, 3.63) is 58.7 Å². The molecule has 31 heavy (non-hydrogen) atoms. The van der Waals surface area contributed by atoms with Gasteiger partial charge in [0.15, 0.2) is 0 Å². The maximum absolute atomic E-state index is 12.3. The van der Waals surface area contributed by atoms with Crippen molar-refractivity contribution >= 4 is 17.6 Å². The number of carbonyl (C=O) groups is 2. The number of amides is 3. The number of nitrogens with zero attached hydrogens (tertiary/aromatic N) is 2. The molecule has 0 atom stereocenters. The van der Waals surface area contributed by atoms with E-state index in [1.54, 1.807) is 7.11 Å². The summed E-state index contributed by atoms with van der Waals surface area (Å²) >= 11 is 0. The molecule has 2 aromatic carbocycles. The van der Waals surface area contributed by atoms with Crippen LogP contribution in [-0.2, 0) is 11.3 Å². The fourth-order valence-electron chi connectivity index (χ4n) is 3.85. The molecule has 2 N–H and O–H groups in total. The molecule has 0 spiro atoms. The van der Waals surface area contributed by atoms with Gasteiger partial charge in [-0.25, -0.2) is 4.79 Å². The second-order valence-corrected chi connectivity index (χ2v) is 8.19. The second-order valence-electron chi connectivity index (χ2n) is 8.19. The van der Waals surface area contributed by atoms with Crippen LogP contribution in [0, 0.1) is 20.8 Å². The monoisotopic (exact) mass is 424 g/mol. The van der Waals surface area contributed by atoms with E-state index < -0.39 is 6.03 Å². The molecule has 1 aliphatic rings. The van der Waals surface area contributed by atoms with Crippen LogP contribution < -0.4 is 15.4 Å². The van der Waals surface area contributed by atoms with Crippen LogP contribution in [0.4, 0.5) is 10.5 Å². The fraction of sp³-hybridized carbons (Fsp3) is 0.417. The van der Waals surface area contributed by atoms with Gasteiger partial charge in [0, 0.05) is 44.0 Å². The summed E-state index contributed by atoms with van der Waals surface area (Å²) in [6.45, 7) is 10.3. The fourth-order valence-corrected chi connectivity index (χ4v) is 3.85. The highest BCUT2D eigenvalue weighted by Gasteiger charge is 2.21. The van der Waals surface area contributed by atoms with Crippen molar-refractivity contribution in [1.29, 1.82) is 0 Å². The normalized spacial score (nSPS) is 14.8. The molecule has 1 saturated heterocycles. The molecule has 7 nitrogen and oxygen atoms in total. The van der Waals surface area contributed by atoms with Crippen molar-refractivity contribution in [2.24, 2.45) is 0 Å². The molecule has 0 aromatic heterocycles. The molecular formula is C24H32N4O3. The Morgan fingerprint density at radius 1 is 0.935 bits per heavy atom. The summed E-state index contributed by atoms with van der Waals surface area (Å²) in [7, 11) is 1.70. The molecule has 2 aromatic rings. The molecule has 7 heteroatoms. The largest absolute Gasteiger partial charge is 0.496 e. The lowest BCUT2D eigenvalue weighted by Gasteiger charge is -2.34. The van der Waals surface area contributed by atoms with E-state index in [0.29, 0.717) is 5.69 Å². The number of piperazine rings is 1. The SMILES string of the molecule is COc1ccc(C)cc1CN1CCN(CC(=O)NC(=O)Nc2ccc(C)cc2C)CC1. The van der Waals surface area contributed by atoms with E-state index in [9.17, 15) is 9.59 Å². The number of hydrogen-bond acceptors (Lipinski definition) is 5. The standard InChI is InChI=1S/C24H32N4O3/c1-17-5-7-21(19(3)13-17)25-24(30)26-23(29)16-28-11-9-27(10-12-28)15-20-14-18(2)6-8-22(20)31-4/h5-8,13-14H,9-12,15-16H2,1-4H3,(H2,25,26,29,30). The summed E-state index contributed by atoms with van der Waals surface area (Å²) < 4.78 is 5.48. The number of methoxy groups -OCH3 is 1. The number of nitrogens with one attached hydrogen (secondary N) is 2. The average molecular weight is 425 g/mol. The van der Waals surface area contributed by atoms with Crippen molar-refractivity contribution in [3.8, 4) is 5.75 Å². The van der Waals surface area contributed by atoms with E-state index in [1.807, 2.05) is 38.1 Å². The number of imide groups is 1. The molecule has 3 amide bonds.